The molecule has 0 bridgehead atoms. The molecule has 190 valence electrons. The molecule has 4 aliphatic rings. The van der Waals surface area contributed by atoms with E-state index in [1.165, 1.54) is 50.5 Å². The first-order valence-corrected chi connectivity index (χ1v) is 15.3. The SMILES string of the molecule is CC(C)CCCC(C)C1(C)CCC2C3CC=C4CC(OP(=O)(O)O)CCC4(C)C3CCC21C. The fourth-order valence-corrected chi connectivity index (χ4v) is 9.74. The van der Waals surface area contributed by atoms with Gasteiger partial charge in [-0.2, -0.15) is 0 Å². The first-order chi connectivity index (χ1) is 15.3. The highest BCUT2D eigenvalue weighted by molar-refractivity contribution is 7.46. The Morgan fingerprint density at radius 3 is 2.39 bits per heavy atom. The summed E-state index contributed by atoms with van der Waals surface area (Å²) in [5.74, 6) is 3.88. The molecule has 4 nitrogen and oxygen atoms in total. The minimum Gasteiger partial charge on any atom is -0.303 e. The van der Waals surface area contributed by atoms with E-state index in [-0.39, 0.29) is 11.5 Å². The largest absolute Gasteiger partial charge is 0.469 e. The van der Waals surface area contributed by atoms with Crippen LogP contribution in [0.2, 0.25) is 0 Å². The molecule has 0 aromatic carbocycles. The number of rotatable bonds is 7. The first kappa shape index (κ1) is 25.9. The second-order valence-corrected chi connectivity index (χ2v) is 14.6. The van der Waals surface area contributed by atoms with Gasteiger partial charge in [0.2, 0.25) is 0 Å². The maximum Gasteiger partial charge on any atom is 0.469 e. The normalized spacial score (nSPS) is 44.1. The minimum absolute atomic E-state index is 0.181. The second-order valence-electron chi connectivity index (χ2n) is 13.4. The number of allylic oxidation sites excluding steroid dienone is 1. The molecule has 0 radical (unpaired) electrons. The summed E-state index contributed by atoms with van der Waals surface area (Å²) in [5, 5.41) is 0. The van der Waals surface area contributed by atoms with Gasteiger partial charge in [0.1, 0.15) is 0 Å². The van der Waals surface area contributed by atoms with E-state index in [0.29, 0.717) is 23.2 Å². The van der Waals surface area contributed by atoms with Crippen molar-refractivity contribution >= 4 is 7.82 Å². The van der Waals surface area contributed by atoms with E-state index in [4.69, 9.17) is 4.52 Å². The molecule has 0 spiro atoms. The summed E-state index contributed by atoms with van der Waals surface area (Å²) in [6.07, 6.45) is 15.2. The van der Waals surface area contributed by atoms with Crippen LogP contribution in [0.3, 0.4) is 0 Å². The molecule has 0 heterocycles. The summed E-state index contributed by atoms with van der Waals surface area (Å²) in [7, 11) is -4.42. The van der Waals surface area contributed by atoms with E-state index >= 15 is 0 Å². The third-order valence-corrected chi connectivity index (χ3v) is 12.1. The molecule has 5 heteroatoms. The molecular formula is C28H49O4P. The smallest absolute Gasteiger partial charge is 0.303 e. The van der Waals surface area contributed by atoms with Crippen LogP contribution < -0.4 is 0 Å². The van der Waals surface area contributed by atoms with Crippen molar-refractivity contribution < 1.29 is 18.9 Å². The fraction of sp³-hybridized carbons (Fsp3) is 0.929. The topological polar surface area (TPSA) is 66.8 Å². The molecule has 0 aromatic heterocycles. The van der Waals surface area contributed by atoms with Gasteiger partial charge in [-0.25, -0.2) is 4.57 Å². The Bertz CT molecular complexity index is 802. The molecule has 2 N–H and O–H groups in total. The molecule has 0 amide bonds. The maximum absolute atomic E-state index is 11.4. The van der Waals surface area contributed by atoms with E-state index in [1.807, 2.05) is 0 Å². The van der Waals surface area contributed by atoms with Gasteiger partial charge in [-0.1, -0.05) is 72.5 Å². The Hall–Kier alpha value is -0.150. The zero-order valence-corrected chi connectivity index (χ0v) is 22.9. The zero-order chi connectivity index (χ0) is 24.2. The lowest BCUT2D eigenvalue weighted by Crippen LogP contribution is -2.53. The molecule has 3 fully saturated rings. The number of fused-ring (bicyclic) bond motifs is 5. The minimum atomic E-state index is -4.42. The quantitative estimate of drug-likeness (QED) is 0.287. The summed E-state index contributed by atoms with van der Waals surface area (Å²) in [5.41, 5.74) is 2.48. The number of hydrogen-bond donors (Lipinski definition) is 2. The lowest BCUT2D eigenvalue weighted by molar-refractivity contribution is -0.0887. The first-order valence-electron chi connectivity index (χ1n) is 13.7. The molecule has 3 saturated carbocycles. The van der Waals surface area contributed by atoms with Gasteiger partial charge < -0.3 is 9.79 Å². The molecule has 0 aromatic rings. The van der Waals surface area contributed by atoms with Crippen molar-refractivity contribution in [2.75, 3.05) is 0 Å². The van der Waals surface area contributed by atoms with Gasteiger partial charge in [0.25, 0.3) is 0 Å². The Morgan fingerprint density at radius 1 is 1.03 bits per heavy atom. The average molecular weight is 481 g/mol. The molecular weight excluding hydrogens is 431 g/mol. The van der Waals surface area contributed by atoms with Crippen molar-refractivity contribution in [3.8, 4) is 0 Å². The van der Waals surface area contributed by atoms with E-state index in [0.717, 1.165) is 42.9 Å². The van der Waals surface area contributed by atoms with E-state index in [1.54, 1.807) is 0 Å². The van der Waals surface area contributed by atoms with E-state index in [2.05, 4.69) is 47.6 Å². The van der Waals surface area contributed by atoms with E-state index in [9.17, 15) is 14.4 Å². The lowest BCUT2D eigenvalue weighted by atomic mass is 9.44. The van der Waals surface area contributed by atoms with Gasteiger partial charge in [-0.3, -0.25) is 4.52 Å². The summed E-state index contributed by atoms with van der Waals surface area (Å²) >= 11 is 0. The fourth-order valence-electron chi connectivity index (χ4n) is 9.17. The van der Waals surface area contributed by atoms with Crippen LogP contribution in [0.1, 0.15) is 112 Å². The summed E-state index contributed by atoms with van der Waals surface area (Å²) in [4.78, 5) is 18.6. The summed E-state index contributed by atoms with van der Waals surface area (Å²) in [6.45, 7) is 15.0. The van der Waals surface area contributed by atoms with E-state index < -0.39 is 7.82 Å². The van der Waals surface area contributed by atoms with Crippen LogP contribution in [-0.2, 0) is 9.09 Å². The zero-order valence-electron chi connectivity index (χ0n) is 22.0. The third-order valence-electron chi connectivity index (χ3n) is 11.5. The highest BCUT2D eigenvalue weighted by Crippen LogP contribution is 2.71. The Labute approximate surface area is 202 Å². The highest BCUT2D eigenvalue weighted by atomic mass is 31.2. The second kappa shape index (κ2) is 9.06. The van der Waals surface area contributed by atoms with Crippen molar-refractivity contribution in [3.05, 3.63) is 11.6 Å². The number of phosphoric acid groups is 1. The average Bonchev–Trinajstić information content (AvgIpc) is 2.99. The van der Waals surface area contributed by atoms with Crippen LogP contribution in [0.15, 0.2) is 11.6 Å². The Kier molecular flexibility index (Phi) is 7.12. The monoisotopic (exact) mass is 480 g/mol. The van der Waals surface area contributed by atoms with Gasteiger partial charge in [-0.05, 0) is 97.2 Å². The van der Waals surface area contributed by atoms with Crippen LogP contribution in [0.25, 0.3) is 0 Å². The Balaban J connectivity index is 1.51. The van der Waals surface area contributed by atoms with Crippen LogP contribution in [0.4, 0.5) is 0 Å². The Morgan fingerprint density at radius 2 is 1.73 bits per heavy atom. The summed E-state index contributed by atoms with van der Waals surface area (Å²) < 4.78 is 16.5. The van der Waals surface area contributed by atoms with Gasteiger partial charge in [0.15, 0.2) is 0 Å². The molecule has 8 unspecified atom stereocenters. The third kappa shape index (κ3) is 4.56. The molecule has 33 heavy (non-hydrogen) atoms. The number of phosphoric ester groups is 1. The van der Waals surface area contributed by atoms with Crippen LogP contribution in [-0.4, -0.2) is 15.9 Å². The number of hydrogen-bond acceptors (Lipinski definition) is 2. The highest BCUT2D eigenvalue weighted by Gasteiger charge is 2.63. The van der Waals surface area contributed by atoms with Gasteiger partial charge in [0.05, 0.1) is 6.10 Å². The molecule has 8 atom stereocenters. The van der Waals surface area contributed by atoms with Crippen molar-refractivity contribution in [1.29, 1.82) is 0 Å². The van der Waals surface area contributed by atoms with Crippen LogP contribution >= 0.6 is 7.82 Å². The van der Waals surface area contributed by atoms with Crippen LogP contribution in [0.5, 0.6) is 0 Å². The maximum atomic E-state index is 11.4. The molecule has 0 saturated heterocycles. The van der Waals surface area contributed by atoms with Gasteiger partial charge >= 0.3 is 7.82 Å². The lowest BCUT2D eigenvalue weighted by Gasteiger charge is -2.60. The predicted octanol–water partition coefficient (Wildman–Crippen LogP) is 7.90. The van der Waals surface area contributed by atoms with Gasteiger partial charge in [-0.15, -0.1) is 0 Å². The van der Waals surface area contributed by atoms with Gasteiger partial charge in [0, 0.05) is 0 Å². The van der Waals surface area contributed by atoms with Crippen molar-refractivity contribution in [1.82, 2.24) is 0 Å². The van der Waals surface area contributed by atoms with Crippen molar-refractivity contribution in [2.24, 2.45) is 45.8 Å². The standard InChI is InChI=1S/C28H49O4P/c1-19(2)8-7-9-20(3)27(5)16-14-25-23-11-10-21-18-22(32-33(29,30)31)12-15-26(21,4)24(23)13-17-28(25,27)6/h10,19-20,22-25H,7-9,11-18H2,1-6H3,(H2,29,30,31). The predicted molar refractivity (Wildman–Crippen MR) is 135 cm³/mol. The molecule has 0 aliphatic heterocycles. The summed E-state index contributed by atoms with van der Waals surface area (Å²) in [6, 6.07) is 0. The van der Waals surface area contributed by atoms with Crippen molar-refractivity contribution in [2.45, 2.75) is 118 Å². The molecule has 4 aliphatic carbocycles. The van der Waals surface area contributed by atoms with Crippen molar-refractivity contribution in [3.63, 3.8) is 0 Å². The van der Waals surface area contributed by atoms with Crippen LogP contribution in [0, 0.1) is 45.8 Å². The molecule has 4 rings (SSSR count).